The minimum Gasteiger partial charge on any atom is -0.486 e. The number of benzene rings is 2. The van der Waals surface area contributed by atoms with Crippen LogP contribution >= 0.6 is 11.8 Å². The number of nitrogens with zero attached hydrogens (tertiary/aromatic N) is 3. The fraction of sp³-hybridized carbons (Fsp3) is 0.286. The van der Waals surface area contributed by atoms with E-state index in [1.54, 1.807) is 4.90 Å². The third-order valence-corrected chi connectivity index (χ3v) is 5.39. The third kappa shape index (κ3) is 4.71. The number of rotatable bonds is 7. The van der Waals surface area contributed by atoms with Crippen LogP contribution in [0.15, 0.2) is 59.8 Å². The summed E-state index contributed by atoms with van der Waals surface area (Å²) in [5.41, 5.74) is 0.961. The van der Waals surface area contributed by atoms with Gasteiger partial charge in [0.05, 0.1) is 12.3 Å². The largest absolute Gasteiger partial charge is 0.486 e. The molecule has 0 unspecified atom stereocenters. The molecule has 0 aliphatic carbocycles. The van der Waals surface area contributed by atoms with Crippen LogP contribution in [-0.4, -0.2) is 57.5 Å². The summed E-state index contributed by atoms with van der Waals surface area (Å²) in [6.45, 7) is 3.47. The molecule has 1 amide bonds. The molecule has 2 aromatic carbocycles. The Morgan fingerprint density at radius 2 is 1.93 bits per heavy atom. The Morgan fingerprint density at radius 1 is 1.17 bits per heavy atom. The van der Waals surface area contributed by atoms with E-state index >= 15 is 0 Å². The van der Waals surface area contributed by atoms with Crippen molar-refractivity contribution in [2.24, 2.45) is 0 Å². The zero-order valence-corrected chi connectivity index (χ0v) is 16.9. The molecular formula is C21H22N4O3S. The molecule has 0 fully saturated rings. The molecule has 4 rings (SSSR count). The summed E-state index contributed by atoms with van der Waals surface area (Å²) in [5.74, 6) is 2.44. The zero-order chi connectivity index (χ0) is 20.1. The number of fused-ring (bicyclic) bond motifs is 1. The standard InChI is InChI=1S/C21H22N4O3S/c1-2-25(12-16-13-27-17-10-6-7-11-18(17)28-16)19(26)14-29-21-22-20(23-24-21)15-8-4-3-5-9-15/h3-11,16H,2,12-14H2,1H3,(H,22,23,24)/t16-/m0/s1. The van der Waals surface area contributed by atoms with Crippen molar-refractivity contribution in [3.8, 4) is 22.9 Å². The predicted molar refractivity (Wildman–Crippen MR) is 111 cm³/mol. The SMILES string of the molecule is CCN(C[C@H]1COc2ccccc2O1)C(=O)CSc1n[nH]c(-c2ccccc2)n1. The number of H-pyrrole nitrogens is 1. The number of amides is 1. The first-order chi connectivity index (χ1) is 14.2. The van der Waals surface area contributed by atoms with Crippen LogP contribution < -0.4 is 9.47 Å². The van der Waals surface area contributed by atoms with Crippen LogP contribution in [0, 0.1) is 0 Å². The van der Waals surface area contributed by atoms with Crippen LogP contribution in [-0.2, 0) is 4.79 Å². The molecule has 1 aromatic heterocycles. The molecule has 3 aromatic rings. The molecule has 1 atom stereocenters. The van der Waals surface area contributed by atoms with Crippen LogP contribution in [0.1, 0.15) is 6.92 Å². The van der Waals surface area contributed by atoms with Gasteiger partial charge in [-0.1, -0.05) is 54.2 Å². The lowest BCUT2D eigenvalue weighted by Gasteiger charge is -2.30. The Hall–Kier alpha value is -3.00. The molecule has 29 heavy (non-hydrogen) atoms. The van der Waals surface area contributed by atoms with E-state index in [2.05, 4.69) is 15.2 Å². The number of hydrogen-bond donors (Lipinski definition) is 1. The fourth-order valence-corrected chi connectivity index (χ4v) is 3.76. The highest BCUT2D eigenvalue weighted by atomic mass is 32.2. The van der Waals surface area contributed by atoms with Gasteiger partial charge in [0, 0.05) is 12.1 Å². The molecule has 0 saturated carbocycles. The molecule has 1 aliphatic rings. The lowest BCUT2D eigenvalue weighted by Crippen LogP contribution is -2.44. The zero-order valence-electron chi connectivity index (χ0n) is 16.1. The van der Waals surface area contributed by atoms with Crippen molar-refractivity contribution in [1.29, 1.82) is 0 Å². The number of thioether (sulfide) groups is 1. The number of aromatic nitrogens is 3. The van der Waals surface area contributed by atoms with Gasteiger partial charge in [0.15, 0.2) is 23.4 Å². The summed E-state index contributed by atoms with van der Waals surface area (Å²) in [6, 6.07) is 17.3. The molecule has 8 heteroatoms. The molecule has 7 nitrogen and oxygen atoms in total. The second-order valence-electron chi connectivity index (χ2n) is 6.55. The summed E-state index contributed by atoms with van der Waals surface area (Å²) < 4.78 is 11.7. The topological polar surface area (TPSA) is 80.3 Å². The first kappa shape index (κ1) is 19.3. The average Bonchev–Trinajstić information content (AvgIpc) is 3.25. The number of carbonyl (C=O) groups is 1. The van der Waals surface area contributed by atoms with Gasteiger partial charge >= 0.3 is 0 Å². The van der Waals surface area contributed by atoms with Crippen molar-refractivity contribution < 1.29 is 14.3 Å². The highest BCUT2D eigenvalue weighted by Gasteiger charge is 2.25. The van der Waals surface area contributed by atoms with Gasteiger partial charge in [0.2, 0.25) is 11.1 Å². The van der Waals surface area contributed by atoms with Crippen LogP contribution in [0.25, 0.3) is 11.4 Å². The Labute approximate surface area is 173 Å². The molecule has 0 spiro atoms. The van der Waals surface area contributed by atoms with Crippen LogP contribution in [0.4, 0.5) is 0 Å². The first-order valence-corrected chi connectivity index (χ1v) is 10.5. The molecule has 0 saturated heterocycles. The maximum atomic E-state index is 12.7. The predicted octanol–water partition coefficient (Wildman–Crippen LogP) is 3.25. The molecule has 1 N–H and O–H groups in total. The summed E-state index contributed by atoms with van der Waals surface area (Å²) in [4.78, 5) is 18.9. The van der Waals surface area contributed by atoms with Crippen molar-refractivity contribution >= 4 is 17.7 Å². The highest BCUT2D eigenvalue weighted by Crippen LogP contribution is 2.31. The molecule has 1 aliphatic heterocycles. The minimum absolute atomic E-state index is 0.0195. The van der Waals surface area contributed by atoms with Gasteiger partial charge < -0.3 is 14.4 Å². The van der Waals surface area contributed by atoms with E-state index < -0.39 is 0 Å². The summed E-state index contributed by atoms with van der Waals surface area (Å²) in [5, 5.41) is 7.68. The number of likely N-dealkylation sites (N-methyl/N-ethyl adjacent to an activating group) is 1. The van der Waals surface area contributed by atoms with E-state index in [0.29, 0.717) is 30.7 Å². The second-order valence-corrected chi connectivity index (χ2v) is 7.49. The van der Waals surface area contributed by atoms with Crippen molar-refractivity contribution in [1.82, 2.24) is 20.1 Å². The Kier molecular flexibility index (Phi) is 6.00. The number of aromatic amines is 1. The summed E-state index contributed by atoms with van der Waals surface area (Å²) in [7, 11) is 0. The maximum Gasteiger partial charge on any atom is 0.233 e. The van der Waals surface area contributed by atoms with Gasteiger partial charge in [-0.2, -0.15) is 0 Å². The number of nitrogens with one attached hydrogen (secondary N) is 1. The Morgan fingerprint density at radius 3 is 2.72 bits per heavy atom. The van der Waals surface area contributed by atoms with Crippen molar-refractivity contribution in [2.75, 3.05) is 25.4 Å². The van der Waals surface area contributed by atoms with Gasteiger partial charge in [0.25, 0.3) is 0 Å². The van der Waals surface area contributed by atoms with Crippen molar-refractivity contribution in [3.05, 3.63) is 54.6 Å². The molecule has 150 valence electrons. The molecular weight excluding hydrogens is 388 g/mol. The Balaban J connectivity index is 1.31. The van der Waals surface area contributed by atoms with E-state index in [9.17, 15) is 4.79 Å². The number of para-hydroxylation sites is 2. The van der Waals surface area contributed by atoms with E-state index in [1.165, 1.54) is 11.8 Å². The maximum absolute atomic E-state index is 12.7. The quantitative estimate of drug-likeness (QED) is 0.602. The highest BCUT2D eigenvalue weighted by molar-refractivity contribution is 7.99. The van der Waals surface area contributed by atoms with E-state index in [-0.39, 0.29) is 17.8 Å². The Bertz CT molecular complexity index is 963. The lowest BCUT2D eigenvalue weighted by atomic mass is 10.2. The van der Waals surface area contributed by atoms with Gasteiger partial charge in [-0.15, -0.1) is 5.10 Å². The van der Waals surface area contributed by atoms with Crippen molar-refractivity contribution in [2.45, 2.75) is 18.2 Å². The van der Waals surface area contributed by atoms with Gasteiger partial charge in [-0.25, -0.2) is 4.98 Å². The smallest absolute Gasteiger partial charge is 0.233 e. The fourth-order valence-electron chi connectivity index (χ4n) is 3.06. The van der Waals surface area contributed by atoms with Crippen molar-refractivity contribution in [3.63, 3.8) is 0 Å². The van der Waals surface area contributed by atoms with Crippen LogP contribution in [0.5, 0.6) is 11.5 Å². The van der Waals surface area contributed by atoms with Gasteiger partial charge in [-0.3, -0.25) is 9.89 Å². The molecule has 0 bridgehead atoms. The van der Waals surface area contributed by atoms with E-state index in [4.69, 9.17) is 9.47 Å². The number of ether oxygens (including phenoxy) is 2. The second kappa shape index (κ2) is 9.00. The van der Waals surface area contributed by atoms with E-state index in [1.807, 2.05) is 61.5 Å². The van der Waals surface area contributed by atoms with E-state index in [0.717, 1.165) is 17.1 Å². The molecule has 2 heterocycles. The lowest BCUT2D eigenvalue weighted by molar-refractivity contribution is -0.129. The number of hydrogen-bond acceptors (Lipinski definition) is 6. The van der Waals surface area contributed by atoms with Gasteiger partial charge in [-0.05, 0) is 19.1 Å². The van der Waals surface area contributed by atoms with Crippen LogP contribution in [0.3, 0.4) is 0 Å². The average molecular weight is 410 g/mol. The minimum atomic E-state index is -0.188. The first-order valence-electron chi connectivity index (χ1n) is 9.50. The van der Waals surface area contributed by atoms with Crippen LogP contribution in [0.2, 0.25) is 0 Å². The third-order valence-electron chi connectivity index (χ3n) is 4.56. The monoisotopic (exact) mass is 410 g/mol. The van der Waals surface area contributed by atoms with Gasteiger partial charge in [0.1, 0.15) is 6.61 Å². The summed E-state index contributed by atoms with van der Waals surface area (Å²) >= 11 is 1.32. The number of carbonyl (C=O) groups excluding carboxylic acids is 1. The summed E-state index contributed by atoms with van der Waals surface area (Å²) in [6.07, 6.45) is -0.188. The molecule has 0 radical (unpaired) electrons. The normalized spacial score (nSPS) is 15.1.